The van der Waals surface area contributed by atoms with E-state index in [1.807, 2.05) is 0 Å². The third-order valence-corrected chi connectivity index (χ3v) is 6.00. The molecular weight excluding hydrogens is 535 g/mol. The topological polar surface area (TPSA) is 92.7 Å². The maximum atomic E-state index is 14.9. The quantitative estimate of drug-likeness (QED) is 0.274. The SMILES string of the molecule is CC(CCCn1ccc2cc(-c3ccc(F)c(C(F)F)n3)c(F)cc2c1=O)Nc1cn[nH]c(=O)c1C(F)(F)F. The first-order valence-electron chi connectivity index (χ1n) is 11.6. The number of anilines is 1. The lowest BCUT2D eigenvalue weighted by molar-refractivity contribution is -0.138. The van der Waals surface area contributed by atoms with Crippen LogP contribution in [-0.2, 0) is 12.7 Å². The second-order valence-electron chi connectivity index (χ2n) is 8.77. The van der Waals surface area contributed by atoms with E-state index in [0.717, 1.165) is 24.4 Å². The van der Waals surface area contributed by atoms with Gasteiger partial charge in [-0.3, -0.25) is 9.59 Å². The Bertz CT molecular complexity index is 1630. The van der Waals surface area contributed by atoms with Crippen LogP contribution in [-0.4, -0.2) is 25.8 Å². The number of aromatic nitrogens is 4. The number of nitrogens with one attached hydrogen (secondary N) is 2. The number of aryl methyl sites for hydroxylation is 1. The van der Waals surface area contributed by atoms with Crippen molar-refractivity contribution in [2.45, 2.75) is 45.0 Å². The molecule has 0 bridgehead atoms. The van der Waals surface area contributed by atoms with Crippen LogP contribution in [0.5, 0.6) is 0 Å². The fraction of sp³-hybridized carbons (Fsp3) is 0.280. The summed E-state index contributed by atoms with van der Waals surface area (Å²) in [5, 5.41) is 8.07. The standard InChI is InChI=1S/C25H20F7N5O2/c1-12(34-19-11-33-36-23(38)20(19)25(30,31)32)3-2-7-37-8-6-13-9-15(17(27)10-14(13)24(37)39)18-5-4-16(26)21(35-18)22(28)29/h4-6,8-12,22H,2-3,7H2,1H3,(H2,34,36,38). The van der Waals surface area contributed by atoms with Crippen LogP contribution in [0.4, 0.5) is 36.4 Å². The molecule has 3 aromatic heterocycles. The summed E-state index contributed by atoms with van der Waals surface area (Å²) in [6, 6.07) is 5.01. The van der Waals surface area contributed by atoms with Gasteiger partial charge in [0.2, 0.25) is 0 Å². The smallest absolute Gasteiger partial charge is 0.381 e. The molecule has 0 fully saturated rings. The molecule has 0 amide bonds. The zero-order chi connectivity index (χ0) is 28.5. The lowest BCUT2D eigenvalue weighted by atomic mass is 10.0. The van der Waals surface area contributed by atoms with E-state index in [1.165, 1.54) is 22.9 Å². The summed E-state index contributed by atoms with van der Waals surface area (Å²) in [6.45, 7) is 1.76. The minimum absolute atomic E-state index is 0.00511. The number of pyridine rings is 2. The summed E-state index contributed by atoms with van der Waals surface area (Å²) in [5.41, 5.74) is -5.30. The molecule has 0 saturated carbocycles. The van der Waals surface area contributed by atoms with Gasteiger partial charge in [0.05, 0.1) is 23.0 Å². The van der Waals surface area contributed by atoms with Crippen LogP contribution in [0.3, 0.4) is 0 Å². The molecule has 3 heterocycles. The maximum Gasteiger partial charge on any atom is 0.423 e. The zero-order valence-electron chi connectivity index (χ0n) is 20.1. The highest BCUT2D eigenvalue weighted by Gasteiger charge is 2.37. The van der Waals surface area contributed by atoms with E-state index >= 15 is 0 Å². The highest BCUT2D eigenvalue weighted by atomic mass is 19.4. The summed E-state index contributed by atoms with van der Waals surface area (Å²) in [7, 11) is 0. The molecule has 7 nitrogen and oxygen atoms in total. The Hall–Kier alpha value is -4.23. The molecule has 14 heteroatoms. The Morgan fingerprint density at radius 3 is 2.51 bits per heavy atom. The van der Waals surface area contributed by atoms with Crippen LogP contribution in [0.2, 0.25) is 0 Å². The molecule has 1 aromatic carbocycles. The number of halogens is 7. The number of benzene rings is 1. The normalized spacial score (nSPS) is 12.7. The highest BCUT2D eigenvalue weighted by molar-refractivity contribution is 5.86. The van der Waals surface area contributed by atoms with E-state index in [2.05, 4.69) is 15.4 Å². The molecule has 4 aromatic rings. The molecule has 0 radical (unpaired) electrons. The van der Waals surface area contributed by atoms with Crippen molar-refractivity contribution in [3.05, 3.63) is 86.3 Å². The molecule has 0 aliphatic carbocycles. The van der Waals surface area contributed by atoms with E-state index in [9.17, 15) is 40.3 Å². The van der Waals surface area contributed by atoms with Gasteiger partial charge in [0, 0.05) is 24.3 Å². The Morgan fingerprint density at radius 2 is 1.82 bits per heavy atom. The van der Waals surface area contributed by atoms with Crippen molar-refractivity contribution in [1.29, 1.82) is 0 Å². The minimum atomic E-state index is -4.88. The monoisotopic (exact) mass is 555 g/mol. The Morgan fingerprint density at radius 1 is 1.08 bits per heavy atom. The van der Waals surface area contributed by atoms with Crippen LogP contribution in [0.1, 0.15) is 37.4 Å². The van der Waals surface area contributed by atoms with Gasteiger partial charge in [-0.05, 0) is 55.5 Å². The van der Waals surface area contributed by atoms with E-state index in [4.69, 9.17) is 0 Å². The lowest BCUT2D eigenvalue weighted by Gasteiger charge is -2.18. The van der Waals surface area contributed by atoms with Crippen molar-refractivity contribution in [1.82, 2.24) is 19.7 Å². The van der Waals surface area contributed by atoms with Gasteiger partial charge >= 0.3 is 6.18 Å². The van der Waals surface area contributed by atoms with Gasteiger partial charge in [-0.2, -0.15) is 18.3 Å². The number of alkyl halides is 5. The van der Waals surface area contributed by atoms with Gasteiger partial charge in [0.25, 0.3) is 17.5 Å². The fourth-order valence-corrected chi connectivity index (χ4v) is 4.13. The van der Waals surface area contributed by atoms with Crippen molar-refractivity contribution in [3.63, 3.8) is 0 Å². The second kappa shape index (κ2) is 10.9. The first-order valence-corrected chi connectivity index (χ1v) is 11.6. The number of hydrogen-bond donors (Lipinski definition) is 2. The van der Waals surface area contributed by atoms with Crippen LogP contribution >= 0.6 is 0 Å². The number of nitrogens with zero attached hydrogens (tertiary/aromatic N) is 3. The molecular formula is C25H20F7N5O2. The molecule has 0 saturated heterocycles. The van der Waals surface area contributed by atoms with E-state index in [1.54, 1.807) is 12.0 Å². The van der Waals surface area contributed by atoms with E-state index < -0.39 is 58.3 Å². The number of rotatable bonds is 8. The predicted octanol–water partition coefficient (Wildman–Crippen LogP) is 5.66. The molecule has 0 aliphatic rings. The zero-order valence-corrected chi connectivity index (χ0v) is 20.1. The van der Waals surface area contributed by atoms with Crippen molar-refractivity contribution >= 4 is 16.5 Å². The predicted molar refractivity (Wildman–Crippen MR) is 128 cm³/mol. The van der Waals surface area contributed by atoms with Crippen LogP contribution in [0, 0.1) is 11.6 Å². The molecule has 0 spiro atoms. The van der Waals surface area contributed by atoms with Gasteiger partial charge in [-0.25, -0.2) is 27.6 Å². The molecule has 1 unspecified atom stereocenters. The Kier molecular flexibility index (Phi) is 7.74. The molecule has 39 heavy (non-hydrogen) atoms. The summed E-state index contributed by atoms with van der Waals surface area (Å²) in [5.74, 6) is -2.14. The van der Waals surface area contributed by atoms with Crippen LogP contribution in [0.15, 0.2) is 52.3 Å². The van der Waals surface area contributed by atoms with Crippen molar-refractivity contribution in [3.8, 4) is 11.3 Å². The first-order chi connectivity index (χ1) is 18.4. The lowest BCUT2D eigenvalue weighted by Crippen LogP contribution is -2.27. The molecule has 206 valence electrons. The third kappa shape index (κ3) is 5.94. The number of hydrogen-bond acceptors (Lipinski definition) is 5. The van der Waals surface area contributed by atoms with Gasteiger partial charge in [0.1, 0.15) is 17.1 Å². The van der Waals surface area contributed by atoms with E-state index in [-0.39, 0.29) is 23.2 Å². The van der Waals surface area contributed by atoms with Gasteiger partial charge in [0.15, 0.2) is 5.82 Å². The summed E-state index contributed by atoms with van der Waals surface area (Å²) >= 11 is 0. The van der Waals surface area contributed by atoms with Gasteiger partial charge in [-0.1, -0.05) is 0 Å². The van der Waals surface area contributed by atoms with Crippen LogP contribution < -0.4 is 16.4 Å². The molecule has 0 aliphatic heterocycles. The number of H-pyrrole nitrogens is 1. The number of aromatic amines is 1. The summed E-state index contributed by atoms with van der Waals surface area (Å²) in [6.07, 6.45) is -5.12. The highest BCUT2D eigenvalue weighted by Crippen LogP contribution is 2.32. The minimum Gasteiger partial charge on any atom is -0.381 e. The van der Waals surface area contributed by atoms with Crippen LogP contribution in [0.25, 0.3) is 22.0 Å². The average Bonchev–Trinajstić information content (AvgIpc) is 2.85. The Balaban J connectivity index is 1.50. The summed E-state index contributed by atoms with van der Waals surface area (Å²) in [4.78, 5) is 28.0. The van der Waals surface area contributed by atoms with Gasteiger partial charge in [-0.15, -0.1) is 0 Å². The molecule has 2 N–H and O–H groups in total. The number of fused-ring (bicyclic) bond motifs is 1. The van der Waals surface area contributed by atoms with Gasteiger partial charge < -0.3 is 9.88 Å². The van der Waals surface area contributed by atoms with Crippen molar-refractivity contribution < 1.29 is 30.7 Å². The van der Waals surface area contributed by atoms with Crippen molar-refractivity contribution in [2.75, 3.05) is 5.32 Å². The largest absolute Gasteiger partial charge is 0.423 e. The first kappa shape index (κ1) is 27.8. The van der Waals surface area contributed by atoms with E-state index in [0.29, 0.717) is 18.2 Å². The Labute approximate surface area is 215 Å². The molecule has 1 atom stereocenters. The fourth-order valence-electron chi connectivity index (χ4n) is 4.13. The summed E-state index contributed by atoms with van der Waals surface area (Å²) < 4.78 is 95.4. The van der Waals surface area contributed by atoms with Crippen molar-refractivity contribution in [2.24, 2.45) is 0 Å². The third-order valence-electron chi connectivity index (χ3n) is 6.00. The molecule has 4 rings (SSSR count). The second-order valence-corrected chi connectivity index (χ2v) is 8.77. The maximum absolute atomic E-state index is 14.9. The average molecular weight is 555 g/mol.